The van der Waals surface area contributed by atoms with Gasteiger partial charge in [-0.2, -0.15) is 13.2 Å². The lowest BCUT2D eigenvalue weighted by atomic mass is 9.85. The molecule has 2 aliphatic rings. The second-order valence-corrected chi connectivity index (χ2v) is 11.6. The van der Waals surface area contributed by atoms with Crippen LogP contribution in [-0.2, 0) is 15.7 Å². The van der Waals surface area contributed by atoms with Crippen LogP contribution in [0, 0.1) is 11.2 Å². The number of hydrogen-bond donors (Lipinski definition) is 2. The first-order chi connectivity index (χ1) is 20.9. The average molecular weight is 632 g/mol. The van der Waals surface area contributed by atoms with Gasteiger partial charge in [0.15, 0.2) is 0 Å². The molecule has 0 saturated carbocycles. The number of nitrogens with zero attached hydrogens (tertiary/aromatic N) is 5. The zero-order valence-corrected chi connectivity index (χ0v) is 24.0. The van der Waals surface area contributed by atoms with Crippen molar-refractivity contribution in [3.05, 3.63) is 70.6 Å². The van der Waals surface area contributed by atoms with Crippen LogP contribution in [0.1, 0.15) is 47.4 Å². The van der Waals surface area contributed by atoms with E-state index in [0.29, 0.717) is 51.0 Å². The molecule has 2 amide bonds. The minimum atomic E-state index is -4.63. The number of amides is 2. The highest BCUT2D eigenvalue weighted by Crippen LogP contribution is 2.38. The van der Waals surface area contributed by atoms with Crippen LogP contribution in [0.3, 0.4) is 0 Å². The number of pyridine rings is 1. The lowest BCUT2D eigenvalue weighted by molar-refractivity contribution is -0.170. The molecule has 3 aromatic heterocycles. The molecule has 15 heteroatoms. The molecular weight excluding hydrogens is 606 g/mol. The summed E-state index contributed by atoms with van der Waals surface area (Å²) in [6.07, 6.45) is -0.940. The number of fused-ring (bicyclic) bond motifs is 1. The fourth-order valence-corrected chi connectivity index (χ4v) is 5.81. The van der Waals surface area contributed by atoms with E-state index in [0.717, 1.165) is 18.3 Å². The van der Waals surface area contributed by atoms with Crippen molar-refractivity contribution in [3.63, 3.8) is 0 Å². The Morgan fingerprint density at radius 3 is 2.64 bits per heavy atom. The van der Waals surface area contributed by atoms with Crippen molar-refractivity contribution in [3.8, 4) is 11.3 Å². The van der Waals surface area contributed by atoms with Gasteiger partial charge >= 0.3 is 6.18 Å². The molecule has 0 unspecified atom stereocenters. The fourth-order valence-electron chi connectivity index (χ4n) is 5.59. The molecule has 10 nitrogen and oxygen atoms in total. The number of carbonyl (C=O) groups excluding carboxylic acids is 2. The van der Waals surface area contributed by atoms with E-state index in [1.165, 1.54) is 18.3 Å². The average Bonchev–Trinajstić information content (AvgIpc) is 3.39. The maximum absolute atomic E-state index is 15.7. The van der Waals surface area contributed by atoms with Gasteiger partial charge in [0, 0.05) is 36.3 Å². The van der Waals surface area contributed by atoms with Crippen molar-refractivity contribution in [1.29, 1.82) is 0 Å². The van der Waals surface area contributed by atoms with E-state index in [1.807, 2.05) is 6.92 Å². The normalized spacial score (nSPS) is 18.2. The first-order valence-corrected chi connectivity index (χ1v) is 14.1. The Bertz CT molecular complexity index is 1790. The van der Waals surface area contributed by atoms with E-state index in [2.05, 4.69) is 15.3 Å². The van der Waals surface area contributed by atoms with Crippen LogP contribution in [0.15, 0.2) is 42.7 Å². The second-order valence-electron chi connectivity index (χ2n) is 11.2. The molecular formula is C29H26ClF4N7O3. The Morgan fingerprint density at radius 1 is 1.18 bits per heavy atom. The fraction of sp³-hybridized carbons (Fsp3) is 0.345. The van der Waals surface area contributed by atoms with Gasteiger partial charge in [-0.05, 0) is 50.1 Å². The number of rotatable bonds is 5. The zero-order chi connectivity index (χ0) is 31.4. The predicted molar refractivity (Wildman–Crippen MR) is 152 cm³/mol. The Balaban J connectivity index is 1.32. The van der Waals surface area contributed by atoms with Crippen molar-refractivity contribution >= 4 is 40.6 Å². The van der Waals surface area contributed by atoms with E-state index in [-0.39, 0.29) is 51.0 Å². The largest absolute Gasteiger partial charge is 0.416 e. The number of ether oxygens (including phenoxy) is 1. The predicted octanol–water partition coefficient (Wildman–Crippen LogP) is 5.18. The molecule has 4 aromatic rings. The maximum Gasteiger partial charge on any atom is 0.416 e. The van der Waals surface area contributed by atoms with E-state index in [4.69, 9.17) is 27.1 Å². The van der Waals surface area contributed by atoms with E-state index < -0.39 is 28.9 Å². The summed E-state index contributed by atoms with van der Waals surface area (Å²) in [5.74, 6) is -1.75. The van der Waals surface area contributed by atoms with Gasteiger partial charge in [-0.15, -0.1) is 0 Å². The van der Waals surface area contributed by atoms with Crippen LogP contribution in [0.2, 0.25) is 5.15 Å². The van der Waals surface area contributed by atoms with Crippen molar-refractivity contribution in [2.75, 3.05) is 37.4 Å². The number of nitrogens with one attached hydrogen (secondary N) is 1. The Hall–Kier alpha value is -4.30. The van der Waals surface area contributed by atoms with Crippen LogP contribution in [0.5, 0.6) is 0 Å². The summed E-state index contributed by atoms with van der Waals surface area (Å²) in [5, 5.41) is 2.45. The summed E-state index contributed by atoms with van der Waals surface area (Å²) in [5.41, 5.74) is 4.92. The highest BCUT2D eigenvalue weighted by atomic mass is 35.5. The zero-order valence-electron chi connectivity index (χ0n) is 23.3. The van der Waals surface area contributed by atoms with Gasteiger partial charge < -0.3 is 20.7 Å². The second kappa shape index (κ2) is 11.0. The monoisotopic (exact) mass is 631 g/mol. The topological polar surface area (TPSA) is 128 Å². The van der Waals surface area contributed by atoms with Gasteiger partial charge in [-0.3, -0.25) is 14.0 Å². The number of nitrogen functional groups attached to an aromatic ring is 1. The molecule has 2 fully saturated rings. The van der Waals surface area contributed by atoms with Crippen LogP contribution in [0.4, 0.5) is 29.2 Å². The molecule has 230 valence electrons. The van der Waals surface area contributed by atoms with E-state index >= 15 is 4.39 Å². The number of imidazole rings is 1. The highest BCUT2D eigenvalue weighted by molar-refractivity contribution is 6.30. The summed E-state index contributed by atoms with van der Waals surface area (Å²) >= 11 is 6.56. The van der Waals surface area contributed by atoms with Crippen molar-refractivity contribution < 1.29 is 31.9 Å². The lowest BCUT2D eigenvalue weighted by Crippen LogP contribution is -2.55. The molecule has 6 rings (SSSR count). The Morgan fingerprint density at radius 2 is 1.95 bits per heavy atom. The van der Waals surface area contributed by atoms with Gasteiger partial charge in [-0.25, -0.2) is 19.3 Å². The van der Waals surface area contributed by atoms with Crippen LogP contribution >= 0.6 is 11.6 Å². The van der Waals surface area contributed by atoms with E-state index in [1.54, 1.807) is 9.30 Å². The van der Waals surface area contributed by atoms with Crippen molar-refractivity contribution in [2.24, 2.45) is 5.41 Å². The smallest absolute Gasteiger partial charge is 0.382 e. The SMILES string of the molecule is CC1(C(=O)N2CCC[C@@H](c3nc(-c4ccc(C(=O)Nc5cc(C(F)(F)F)ccn5)cc4F)c4c(N)ncc(Cl)n34)C2)COC1. The quantitative estimate of drug-likeness (QED) is 0.291. The number of benzene rings is 1. The minimum absolute atomic E-state index is 0.00105. The van der Waals surface area contributed by atoms with Crippen LogP contribution in [-0.4, -0.2) is 62.4 Å². The van der Waals surface area contributed by atoms with Crippen molar-refractivity contribution in [2.45, 2.75) is 31.9 Å². The van der Waals surface area contributed by atoms with Gasteiger partial charge in [0.2, 0.25) is 5.91 Å². The third-order valence-corrected chi connectivity index (χ3v) is 8.18. The summed E-state index contributed by atoms with van der Waals surface area (Å²) < 4.78 is 61.7. The highest BCUT2D eigenvalue weighted by Gasteiger charge is 2.45. The minimum Gasteiger partial charge on any atom is -0.382 e. The molecule has 0 spiro atoms. The third-order valence-electron chi connectivity index (χ3n) is 7.92. The van der Waals surface area contributed by atoms with Gasteiger partial charge in [0.25, 0.3) is 5.91 Å². The lowest BCUT2D eigenvalue weighted by Gasteiger charge is -2.42. The number of carbonyl (C=O) groups is 2. The number of likely N-dealkylation sites (tertiary alicyclic amines) is 1. The first-order valence-electron chi connectivity index (χ1n) is 13.7. The van der Waals surface area contributed by atoms with Crippen molar-refractivity contribution in [1.82, 2.24) is 24.3 Å². The molecule has 3 N–H and O–H groups in total. The number of anilines is 2. The number of halogens is 5. The molecule has 44 heavy (non-hydrogen) atoms. The van der Waals surface area contributed by atoms with Crippen LogP contribution < -0.4 is 11.1 Å². The molecule has 1 aromatic carbocycles. The third kappa shape index (κ3) is 5.32. The molecule has 5 heterocycles. The first kappa shape index (κ1) is 29.8. The Kier molecular flexibility index (Phi) is 7.44. The van der Waals surface area contributed by atoms with Gasteiger partial charge in [0.1, 0.15) is 39.6 Å². The summed E-state index contributed by atoms with van der Waals surface area (Å²) in [7, 11) is 0. The van der Waals surface area contributed by atoms with Gasteiger partial charge in [0.05, 0.1) is 30.4 Å². The number of alkyl halides is 3. The maximum atomic E-state index is 15.7. The molecule has 0 radical (unpaired) electrons. The number of nitrogens with two attached hydrogens (primary N) is 1. The summed E-state index contributed by atoms with van der Waals surface area (Å²) in [6, 6.07) is 5.03. The number of aromatic nitrogens is 4. The molecule has 0 bridgehead atoms. The number of hydrogen-bond acceptors (Lipinski definition) is 7. The number of piperidine rings is 1. The molecule has 2 aliphatic heterocycles. The summed E-state index contributed by atoms with van der Waals surface area (Å²) in [6.45, 7) is 3.56. The molecule has 1 atom stereocenters. The van der Waals surface area contributed by atoms with Gasteiger partial charge in [-0.1, -0.05) is 11.6 Å². The standard InChI is InChI=1S/C29H26ClF4N7O3/c1-28(13-44-14-28)27(43)40-8-2-3-16(12-40)25-39-22(23-24(35)37-11-20(30)41(23)25)18-5-4-15(9-19(18)31)26(42)38-21-10-17(6-7-36-21)29(32,33)34/h4-7,9-11,16H,2-3,8,12-14H2,1H3,(H2,35,37)(H,36,38,42)/t16-/m1/s1. The van der Waals surface area contributed by atoms with E-state index in [9.17, 15) is 22.8 Å². The van der Waals surface area contributed by atoms with Crippen LogP contribution in [0.25, 0.3) is 16.8 Å². The molecule has 2 saturated heterocycles. The molecule has 0 aliphatic carbocycles. The Labute approximate surface area is 253 Å². The summed E-state index contributed by atoms with van der Waals surface area (Å²) in [4.78, 5) is 40.4.